The Morgan fingerprint density at radius 2 is 1.84 bits per heavy atom. The normalized spacial score (nSPS) is 12.7. The minimum atomic E-state index is 0.484. The van der Waals surface area contributed by atoms with Crippen LogP contribution in [0.3, 0.4) is 0 Å². The molecule has 1 unspecified atom stereocenters. The van der Waals surface area contributed by atoms with Crippen molar-refractivity contribution in [3.63, 3.8) is 0 Å². The smallest absolute Gasteiger partial charge is 0.0214 e. The number of rotatable bonds is 12. The molecule has 3 heteroatoms. The molecule has 1 aromatic rings. The van der Waals surface area contributed by atoms with Gasteiger partial charge >= 0.3 is 0 Å². The molecule has 1 heterocycles. The van der Waals surface area contributed by atoms with Gasteiger partial charge < -0.3 is 0 Å². The first-order chi connectivity index (χ1) is 9.36. The lowest BCUT2D eigenvalue weighted by molar-refractivity contribution is 0.439. The highest BCUT2D eigenvalue weighted by Gasteiger charge is 2.06. The zero-order chi connectivity index (χ0) is 13.8. The summed E-state index contributed by atoms with van der Waals surface area (Å²) >= 11 is 1.85. The highest BCUT2D eigenvalue weighted by Crippen LogP contribution is 2.15. The van der Waals surface area contributed by atoms with E-state index in [4.69, 9.17) is 5.84 Å². The maximum absolute atomic E-state index is 5.65. The predicted octanol–water partition coefficient (Wildman–Crippen LogP) is 4.65. The third kappa shape index (κ3) is 8.40. The van der Waals surface area contributed by atoms with Crippen LogP contribution in [0, 0.1) is 0 Å². The van der Waals surface area contributed by atoms with Gasteiger partial charge in [-0.2, -0.15) is 0 Å². The van der Waals surface area contributed by atoms with E-state index in [1.54, 1.807) is 0 Å². The summed E-state index contributed by atoms with van der Waals surface area (Å²) in [6, 6.07) is 4.82. The predicted molar refractivity (Wildman–Crippen MR) is 86.4 cm³/mol. The molecule has 0 saturated heterocycles. The van der Waals surface area contributed by atoms with Gasteiger partial charge in [-0.25, -0.2) is 0 Å². The lowest BCUT2D eigenvalue weighted by Gasteiger charge is -2.15. The SMILES string of the molecule is CCCCCCCCCC(CCc1cccs1)NN. The van der Waals surface area contributed by atoms with Crippen LogP contribution in [0.2, 0.25) is 0 Å². The summed E-state index contributed by atoms with van der Waals surface area (Å²) in [4.78, 5) is 1.47. The topological polar surface area (TPSA) is 38.0 Å². The molecule has 0 radical (unpaired) electrons. The van der Waals surface area contributed by atoms with Crippen molar-refractivity contribution in [2.24, 2.45) is 5.84 Å². The van der Waals surface area contributed by atoms with Crippen LogP contribution in [-0.2, 0) is 6.42 Å². The fourth-order valence-corrected chi connectivity index (χ4v) is 3.15. The Kier molecular flexibility index (Phi) is 10.0. The van der Waals surface area contributed by atoms with Gasteiger partial charge in [-0.1, -0.05) is 57.9 Å². The Morgan fingerprint density at radius 3 is 2.47 bits per heavy atom. The molecule has 1 rings (SSSR count). The molecular formula is C16H30N2S. The molecule has 3 N–H and O–H groups in total. The van der Waals surface area contributed by atoms with Crippen molar-refractivity contribution in [3.05, 3.63) is 22.4 Å². The van der Waals surface area contributed by atoms with Gasteiger partial charge in [0, 0.05) is 10.9 Å². The third-order valence-electron chi connectivity index (χ3n) is 3.71. The van der Waals surface area contributed by atoms with Crippen molar-refractivity contribution in [3.8, 4) is 0 Å². The second-order valence-electron chi connectivity index (χ2n) is 5.39. The van der Waals surface area contributed by atoms with E-state index in [-0.39, 0.29) is 0 Å². The average Bonchev–Trinajstić information content (AvgIpc) is 2.94. The lowest BCUT2D eigenvalue weighted by atomic mass is 10.0. The first kappa shape index (κ1) is 16.7. The Morgan fingerprint density at radius 1 is 1.11 bits per heavy atom. The zero-order valence-corrected chi connectivity index (χ0v) is 13.2. The summed E-state index contributed by atoms with van der Waals surface area (Å²) in [6.07, 6.45) is 13.1. The Bertz CT molecular complexity index is 285. The minimum Gasteiger partial charge on any atom is -0.271 e. The van der Waals surface area contributed by atoms with Crippen LogP contribution >= 0.6 is 11.3 Å². The molecule has 0 aromatic carbocycles. The number of nitrogens with one attached hydrogen (secondary N) is 1. The number of hydrogen-bond donors (Lipinski definition) is 2. The van der Waals surface area contributed by atoms with Crippen LogP contribution in [-0.4, -0.2) is 6.04 Å². The highest BCUT2D eigenvalue weighted by molar-refractivity contribution is 7.09. The van der Waals surface area contributed by atoms with Crippen molar-refractivity contribution >= 4 is 11.3 Å². The quantitative estimate of drug-likeness (QED) is 0.332. The van der Waals surface area contributed by atoms with Gasteiger partial charge in [0.05, 0.1) is 0 Å². The molecule has 0 bridgehead atoms. The van der Waals surface area contributed by atoms with E-state index in [2.05, 4.69) is 29.9 Å². The first-order valence-corrected chi connectivity index (χ1v) is 8.73. The zero-order valence-electron chi connectivity index (χ0n) is 12.4. The summed E-state index contributed by atoms with van der Waals surface area (Å²) in [7, 11) is 0. The monoisotopic (exact) mass is 282 g/mol. The number of thiophene rings is 1. The maximum atomic E-state index is 5.65. The number of unbranched alkanes of at least 4 members (excludes halogenated alkanes) is 6. The van der Waals surface area contributed by atoms with Crippen molar-refractivity contribution in [1.29, 1.82) is 0 Å². The molecule has 110 valence electrons. The van der Waals surface area contributed by atoms with Gasteiger partial charge in [0.2, 0.25) is 0 Å². The van der Waals surface area contributed by atoms with Crippen LogP contribution in [0.4, 0.5) is 0 Å². The fourth-order valence-electron chi connectivity index (χ4n) is 2.43. The third-order valence-corrected chi connectivity index (χ3v) is 4.65. The van der Waals surface area contributed by atoms with Gasteiger partial charge in [-0.15, -0.1) is 11.3 Å². The number of nitrogens with two attached hydrogens (primary N) is 1. The molecule has 0 amide bonds. The van der Waals surface area contributed by atoms with Crippen LogP contribution in [0.1, 0.15) is 69.6 Å². The lowest BCUT2D eigenvalue weighted by Crippen LogP contribution is -2.35. The van der Waals surface area contributed by atoms with Gasteiger partial charge in [0.15, 0.2) is 0 Å². The van der Waals surface area contributed by atoms with E-state index in [1.165, 1.54) is 56.2 Å². The molecule has 1 atom stereocenters. The molecule has 0 aliphatic heterocycles. The van der Waals surface area contributed by atoms with E-state index in [1.807, 2.05) is 11.3 Å². The maximum Gasteiger partial charge on any atom is 0.0214 e. The van der Waals surface area contributed by atoms with Crippen molar-refractivity contribution in [2.45, 2.75) is 77.2 Å². The molecule has 0 fully saturated rings. The second kappa shape index (κ2) is 11.4. The van der Waals surface area contributed by atoms with Crippen LogP contribution in [0.25, 0.3) is 0 Å². The van der Waals surface area contributed by atoms with Crippen LogP contribution in [0.15, 0.2) is 17.5 Å². The Labute approximate surface area is 122 Å². The van der Waals surface area contributed by atoms with Crippen molar-refractivity contribution in [1.82, 2.24) is 5.43 Å². The molecule has 0 aliphatic rings. The Balaban J connectivity index is 1.99. The Hall–Kier alpha value is -0.380. The van der Waals surface area contributed by atoms with Gasteiger partial charge in [0.1, 0.15) is 0 Å². The van der Waals surface area contributed by atoms with E-state index in [9.17, 15) is 0 Å². The van der Waals surface area contributed by atoms with Gasteiger partial charge in [-0.3, -0.25) is 11.3 Å². The molecule has 0 spiro atoms. The van der Waals surface area contributed by atoms with E-state index >= 15 is 0 Å². The molecule has 2 nitrogen and oxygen atoms in total. The first-order valence-electron chi connectivity index (χ1n) is 7.85. The standard InChI is InChI=1S/C16H30N2S/c1-2-3-4-5-6-7-8-10-15(18-17)12-13-16-11-9-14-19-16/h9,11,14-15,18H,2-8,10,12-13,17H2,1H3. The summed E-state index contributed by atoms with van der Waals surface area (Å²) in [5.41, 5.74) is 2.98. The van der Waals surface area contributed by atoms with Gasteiger partial charge in [-0.05, 0) is 30.7 Å². The van der Waals surface area contributed by atoms with Crippen molar-refractivity contribution < 1.29 is 0 Å². The molecular weight excluding hydrogens is 252 g/mol. The van der Waals surface area contributed by atoms with E-state index < -0.39 is 0 Å². The number of hydrogen-bond acceptors (Lipinski definition) is 3. The number of aryl methyl sites for hydroxylation is 1. The fraction of sp³-hybridized carbons (Fsp3) is 0.750. The van der Waals surface area contributed by atoms with Gasteiger partial charge in [0.25, 0.3) is 0 Å². The van der Waals surface area contributed by atoms with Crippen molar-refractivity contribution in [2.75, 3.05) is 0 Å². The van der Waals surface area contributed by atoms with Crippen LogP contribution in [0.5, 0.6) is 0 Å². The largest absolute Gasteiger partial charge is 0.271 e. The summed E-state index contributed by atoms with van der Waals surface area (Å²) in [6.45, 7) is 2.27. The van der Waals surface area contributed by atoms with Crippen LogP contribution < -0.4 is 11.3 Å². The molecule has 1 aromatic heterocycles. The number of hydrazine groups is 1. The molecule has 0 aliphatic carbocycles. The minimum absolute atomic E-state index is 0.484. The average molecular weight is 282 g/mol. The van der Waals surface area contributed by atoms with E-state index in [0.29, 0.717) is 6.04 Å². The molecule has 0 saturated carbocycles. The molecule has 19 heavy (non-hydrogen) atoms. The summed E-state index contributed by atoms with van der Waals surface area (Å²) < 4.78 is 0. The highest BCUT2D eigenvalue weighted by atomic mass is 32.1. The summed E-state index contributed by atoms with van der Waals surface area (Å²) in [5.74, 6) is 5.65. The second-order valence-corrected chi connectivity index (χ2v) is 6.42. The van der Waals surface area contributed by atoms with E-state index in [0.717, 1.165) is 12.8 Å². The summed E-state index contributed by atoms with van der Waals surface area (Å²) in [5, 5.41) is 2.15.